The van der Waals surface area contributed by atoms with Gasteiger partial charge in [0.25, 0.3) is 0 Å². The number of nitrogens with two attached hydrogens (primary N) is 2. The molecule has 0 aromatic carbocycles. The first-order valence-electron chi connectivity index (χ1n) is 3.86. The monoisotopic (exact) mass is 157 g/mol. The van der Waals surface area contributed by atoms with Crippen LogP contribution in [-0.2, 0) is 0 Å². The van der Waals surface area contributed by atoms with E-state index in [0.29, 0.717) is 12.5 Å². The van der Waals surface area contributed by atoms with E-state index in [4.69, 9.17) is 11.5 Å². The summed E-state index contributed by atoms with van der Waals surface area (Å²) in [5.74, 6) is 0.528. The maximum absolute atomic E-state index is 10.6. The minimum Gasteiger partial charge on any atom is -0.352 e. The number of nitrogens with one attached hydrogen (secondary N) is 1. The van der Waals surface area contributed by atoms with Crippen LogP contribution in [0.4, 0.5) is 4.79 Å². The Kier molecular flexibility index (Phi) is 2.04. The summed E-state index contributed by atoms with van der Waals surface area (Å²) in [4.78, 5) is 10.6. The smallest absolute Gasteiger partial charge is 0.312 e. The summed E-state index contributed by atoms with van der Waals surface area (Å²) >= 11 is 0. The van der Waals surface area contributed by atoms with E-state index in [1.165, 1.54) is 0 Å². The zero-order valence-corrected chi connectivity index (χ0v) is 6.76. The van der Waals surface area contributed by atoms with Crippen molar-refractivity contribution < 1.29 is 4.79 Å². The zero-order chi connectivity index (χ0) is 8.48. The van der Waals surface area contributed by atoms with Gasteiger partial charge in [0.15, 0.2) is 0 Å². The van der Waals surface area contributed by atoms with Gasteiger partial charge < -0.3 is 16.8 Å². The predicted molar refractivity (Wildman–Crippen MR) is 42.9 cm³/mol. The van der Waals surface area contributed by atoms with Gasteiger partial charge in [-0.15, -0.1) is 0 Å². The van der Waals surface area contributed by atoms with Crippen LogP contribution in [-0.4, -0.2) is 18.1 Å². The minimum absolute atomic E-state index is 0.272. The number of hydrogen-bond acceptors (Lipinski definition) is 2. The third-order valence-electron chi connectivity index (χ3n) is 2.31. The molecule has 4 nitrogen and oxygen atoms in total. The van der Waals surface area contributed by atoms with Gasteiger partial charge in [0.05, 0.1) is 5.54 Å². The Labute approximate surface area is 66.3 Å². The molecule has 0 bridgehead atoms. The minimum atomic E-state index is -0.482. The maximum Gasteiger partial charge on any atom is 0.312 e. The van der Waals surface area contributed by atoms with Crippen molar-refractivity contribution in [3.8, 4) is 0 Å². The number of rotatable bonds is 3. The molecule has 0 spiro atoms. The SMILES string of the molecule is CC(CN)(NC(N)=O)C1CC1. The van der Waals surface area contributed by atoms with Crippen LogP contribution in [0.1, 0.15) is 19.8 Å². The molecule has 0 heterocycles. The van der Waals surface area contributed by atoms with Gasteiger partial charge >= 0.3 is 6.03 Å². The van der Waals surface area contributed by atoms with Crippen molar-refractivity contribution in [1.82, 2.24) is 5.32 Å². The summed E-state index contributed by atoms with van der Waals surface area (Å²) in [6, 6.07) is -0.482. The van der Waals surface area contributed by atoms with Crippen molar-refractivity contribution in [3.63, 3.8) is 0 Å². The van der Waals surface area contributed by atoms with Crippen molar-refractivity contribution in [1.29, 1.82) is 0 Å². The van der Waals surface area contributed by atoms with Crippen molar-refractivity contribution in [2.45, 2.75) is 25.3 Å². The largest absolute Gasteiger partial charge is 0.352 e. The van der Waals surface area contributed by atoms with Gasteiger partial charge in [-0.1, -0.05) is 0 Å². The van der Waals surface area contributed by atoms with Crippen LogP contribution < -0.4 is 16.8 Å². The first kappa shape index (κ1) is 8.33. The number of hydrogen-bond donors (Lipinski definition) is 3. The quantitative estimate of drug-likeness (QED) is 0.529. The molecule has 1 saturated carbocycles. The van der Waals surface area contributed by atoms with Gasteiger partial charge in [0, 0.05) is 6.54 Å². The summed E-state index contributed by atoms with van der Waals surface area (Å²) in [6.45, 7) is 2.40. The number of carbonyl (C=O) groups excluding carboxylic acids is 1. The number of amides is 2. The second kappa shape index (κ2) is 2.70. The van der Waals surface area contributed by atoms with Crippen molar-refractivity contribution in [3.05, 3.63) is 0 Å². The van der Waals surface area contributed by atoms with Gasteiger partial charge in [-0.2, -0.15) is 0 Å². The molecule has 0 saturated heterocycles. The summed E-state index contributed by atoms with van der Waals surface area (Å²) in [6.07, 6.45) is 2.29. The Morgan fingerprint density at radius 2 is 2.27 bits per heavy atom. The molecule has 5 N–H and O–H groups in total. The van der Waals surface area contributed by atoms with E-state index in [9.17, 15) is 4.79 Å². The third-order valence-corrected chi connectivity index (χ3v) is 2.31. The Balaban J connectivity index is 2.51. The summed E-state index contributed by atoms with van der Waals surface area (Å²) in [7, 11) is 0. The Morgan fingerprint density at radius 3 is 2.55 bits per heavy atom. The topological polar surface area (TPSA) is 81.1 Å². The Morgan fingerprint density at radius 1 is 1.73 bits per heavy atom. The van der Waals surface area contributed by atoms with Crippen molar-refractivity contribution in [2.75, 3.05) is 6.54 Å². The zero-order valence-electron chi connectivity index (χ0n) is 6.76. The highest BCUT2D eigenvalue weighted by atomic mass is 16.2. The first-order chi connectivity index (χ1) is 5.08. The molecule has 0 aromatic rings. The van der Waals surface area contributed by atoms with E-state index in [1.54, 1.807) is 0 Å². The summed E-state index contributed by atoms with van der Waals surface area (Å²) in [5.41, 5.74) is 10.3. The lowest BCUT2D eigenvalue weighted by atomic mass is 9.96. The van der Waals surface area contributed by atoms with E-state index in [-0.39, 0.29) is 5.54 Å². The van der Waals surface area contributed by atoms with Crippen LogP contribution in [0.15, 0.2) is 0 Å². The molecule has 1 unspecified atom stereocenters. The van der Waals surface area contributed by atoms with Crippen LogP contribution in [0.5, 0.6) is 0 Å². The molecule has 0 radical (unpaired) electrons. The van der Waals surface area contributed by atoms with E-state index in [0.717, 1.165) is 12.8 Å². The fourth-order valence-electron chi connectivity index (χ4n) is 1.32. The lowest BCUT2D eigenvalue weighted by Crippen LogP contribution is -2.54. The lowest BCUT2D eigenvalue weighted by molar-refractivity contribution is 0.231. The average Bonchev–Trinajstić information content (AvgIpc) is 2.66. The van der Waals surface area contributed by atoms with Crippen LogP contribution in [0, 0.1) is 5.92 Å². The summed E-state index contributed by atoms with van der Waals surface area (Å²) in [5, 5.41) is 2.68. The van der Waals surface area contributed by atoms with E-state index >= 15 is 0 Å². The lowest BCUT2D eigenvalue weighted by Gasteiger charge is -2.28. The Hall–Kier alpha value is -0.770. The predicted octanol–water partition coefficient (Wildman–Crippen LogP) is -0.218. The van der Waals surface area contributed by atoms with Gasteiger partial charge in [-0.3, -0.25) is 0 Å². The molecular weight excluding hydrogens is 142 g/mol. The van der Waals surface area contributed by atoms with Crippen LogP contribution in [0.25, 0.3) is 0 Å². The normalized spacial score (nSPS) is 22.4. The molecule has 1 rings (SSSR count). The van der Waals surface area contributed by atoms with E-state index in [2.05, 4.69) is 5.32 Å². The molecule has 1 aliphatic rings. The van der Waals surface area contributed by atoms with Gasteiger partial charge in [-0.25, -0.2) is 4.79 Å². The van der Waals surface area contributed by atoms with Crippen molar-refractivity contribution in [2.24, 2.45) is 17.4 Å². The summed E-state index contributed by atoms with van der Waals surface area (Å²) < 4.78 is 0. The number of carbonyl (C=O) groups is 1. The van der Waals surface area contributed by atoms with Gasteiger partial charge in [-0.05, 0) is 25.7 Å². The first-order valence-corrected chi connectivity index (χ1v) is 3.86. The third kappa shape index (κ3) is 1.83. The fourth-order valence-corrected chi connectivity index (χ4v) is 1.32. The van der Waals surface area contributed by atoms with Crippen LogP contribution in [0.3, 0.4) is 0 Å². The molecule has 11 heavy (non-hydrogen) atoms. The molecule has 2 amide bonds. The molecule has 64 valence electrons. The highest BCUT2D eigenvalue weighted by Crippen LogP contribution is 2.38. The average molecular weight is 157 g/mol. The molecule has 1 fully saturated rings. The fraction of sp³-hybridized carbons (Fsp3) is 0.857. The molecule has 0 aromatic heterocycles. The van der Waals surface area contributed by atoms with E-state index in [1.807, 2.05) is 6.92 Å². The number of urea groups is 1. The molecule has 1 aliphatic carbocycles. The van der Waals surface area contributed by atoms with E-state index < -0.39 is 6.03 Å². The van der Waals surface area contributed by atoms with Gasteiger partial charge in [0.1, 0.15) is 0 Å². The van der Waals surface area contributed by atoms with Gasteiger partial charge in [0.2, 0.25) is 0 Å². The highest BCUT2D eigenvalue weighted by molar-refractivity contribution is 5.72. The van der Waals surface area contributed by atoms with Crippen LogP contribution in [0.2, 0.25) is 0 Å². The second-order valence-corrected chi connectivity index (χ2v) is 3.39. The highest BCUT2D eigenvalue weighted by Gasteiger charge is 2.41. The van der Waals surface area contributed by atoms with Crippen molar-refractivity contribution >= 4 is 6.03 Å². The molecule has 0 aliphatic heterocycles. The second-order valence-electron chi connectivity index (χ2n) is 3.39. The molecular formula is C7H15N3O. The molecule has 1 atom stereocenters. The van der Waals surface area contributed by atoms with Crippen LogP contribution >= 0.6 is 0 Å². The maximum atomic E-state index is 10.6. The standard InChI is InChI=1S/C7H15N3O/c1-7(4-8,5-2-3-5)10-6(9)11/h5H,2-4,8H2,1H3,(H3,9,10,11). The Bertz CT molecular complexity index is 167. The number of primary amides is 1. The molecule has 4 heteroatoms.